The molecule has 4 heterocycles. The van der Waals surface area contributed by atoms with Gasteiger partial charge in [0.15, 0.2) is 11.5 Å². The molecule has 0 unspecified atom stereocenters. The molecule has 1 aromatic carbocycles. The Morgan fingerprint density at radius 2 is 1.97 bits per heavy atom. The van der Waals surface area contributed by atoms with Gasteiger partial charge in [-0.25, -0.2) is 9.37 Å². The first-order valence-corrected chi connectivity index (χ1v) is 11.1. The summed E-state index contributed by atoms with van der Waals surface area (Å²) in [6.45, 7) is 3.32. The summed E-state index contributed by atoms with van der Waals surface area (Å²) in [6.07, 6.45) is 3.69. The van der Waals surface area contributed by atoms with Crippen LogP contribution in [0.2, 0.25) is 0 Å². The molecule has 32 heavy (non-hydrogen) atoms. The van der Waals surface area contributed by atoms with E-state index < -0.39 is 6.10 Å². The van der Waals surface area contributed by atoms with E-state index in [0.29, 0.717) is 30.5 Å². The quantitative estimate of drug-likeness (QED) is 0.515. The fourth-order valence-corrected chi connectivity index (χ4v) is 4.75. The van der Waals surface area contributed by atoms with E-state index >= 15 is 0 Å². The molecule has 2 aliphatic rings. The third-order valence-corrected chi connectivity index (χ3v) is 6.85. The summed E-state index contributed by atoms with van der Waals surface area (Å²) < 4.78 is 16.0. The molecule has 4 aromatic rings. The van der Waals surface area contributed by atoms with Gasteiger partial charge in [-0.3, -0.25) is 9.30 Å². The van der Waals surface area contributed by atoms with Crippen molar-refractivity contribution < 1.29 is 9.50 Å². The average molecular weight is 433 g/mol. The van der Waals surface area contributed by atoms with Crippen LogP contribution >= 0.6 is 0 Å². The zero-order valence-corrected chi connectivity index (χ0v) is 17.8. The number of aliphatic hydroxyl groups excluding tert-OH is 1. The van der Waals surface area contributed by atoms with Crippen molar-refractivity contribution in [1.29, 1.82) is 0 Å². The van der Waals surface area contributed by atoms with E-state index in [0.717, 1.165) is 40.5 Å². The number of β-amino-alcohol motifs (C(OH)–C–C–N with tert-alkyl or cyclic N) is 1. The van der Waals surface area contributed by atoms with Gasteiger partial charge in [-0.2, -0.15) is 0 Å². The number of nitrogens with two attached hydrogens (primary N) is 1. The predicted octanol–water partition coefficient (Wildman–Crippen LogP) is 3.03. The Morgan fingerprint density at radius 1 is 1.12 bits per heavy atom. The number of rotatable bonds is 4. The summed E-state index contributed by atoms with van der Waals surface area (Å²) in [5, 5.41) is 19.6. The van der Waals surface area contributed by atoms with Crippen LogP contribution in [0.1, 0.15) is 42.9 Å². The van der Waals surface area contributed by atoms with Crippen molar-refractivity contribution in [1.82, 2.24) is 24.5 Å². The van der Waals surface area contributed by atoms with Gasteiger partial charge in [0.2, 0.25) is 0 Å². The van der Waals surface area contributed by atoms with Crippen LogP contribution in [-0.4, -0.2) is 54.8 Å². The van der Waals surface area contributed by atoms with E-state index in [1.54, 1.807) is 6.07 Å². The van der Waals surface area contributed by atoms with Crippen LogP contribution in [0, 0.1) is 5.82 Å². The van der Waals surface area contributed by atoms with Crippen LogP contribution in [0.15, 0.2) is 42.6 Å². The third kappa shape index (κ3) is 3.26. The number of benzene rings is 1. The summed E-state index contributed by atoms with van der Waals surface area (Å²) in [5.41, 5.74) is 10.4. The highest BCUT2D eigenvalue weighted by molar-refractivity contribution is 5.85. The lowest BCUT2D eigenvalue weighted by Crippen LogP contribution is -2.32. The number of hydrogen-bond donors (Lipinski definition) is 2. The highest BCUT2D eigenvalue weighted by atomic mass is 19.1. The second-order valence-corrected chi connectivity index (χ2v) is 9.11. The SMILES string of the molecule is C[C@@H](c1ccc2nnc(-c3ccc4cc(F)cc(C5CC5)c4n3)n2c1)N1C[C@@H](N)[C@H](O)C1. The summed E-state index contributed by atoms with van der Waals surface area (Å²) in [7, 11) is 0. The summed E-state index contributed by atoms with van der Waals surface area (Å²) in [6, 6.07) is 10.8. The van der Waals surface area contributed by atoms with E-state index in [1.807, 2.05) is 34.9 Å². The second kappa shape index (κ2) is 7.30. The van der Waals surface area contributed by atoms with Crippen molar-refractivity contribution in [3.63, 3.8) is 0 Å². The molecule has 3 atom stereocenters. The first-order valence-electron chi connectivity index (χ1n) is 11.1. The van der Waals surface area contributed by atoms with Crippen molar-refractivity contribution in [3.05, 3.63) is 59.5 Å². The minimum Gasteiger partial charge on any atom is -0.390 e. The molecular weight excluding hydrogens is 407 g/mol. The largest absolute Gasteiger partial charge is 0.390 e. The van der Waals surface area contributed by atoms with Crippen molar-refractivity contribution in [2.75, 3.05) is 13.1 Å². The van der Waals surface area contributed by atoms with Gasteiger partial charge in [0.1, 0.15) is 11.5 Å². The third-order valence-electron chi connectivity index (χ3n) is 6.85. The molecular formula is C24H25FN6O. The lowest BCUT2D eigenvalue weighted by molar-refractivity contribution is 0.155. The zero-order valence-electron chi connectivity index (χ0n) is 17.8. The van der Waals surface area contributed by atoms with E-state index in [9.17, 15) is 9.50 Å². The normalized spacial score (nSPS) is 22.8. The molecule has 2 fully saturated rings. The molecule has 0 radical (unpaired) electrons. The van der Waals surface area contributed by atoms with Gasteiger partial charge in [0.25, 0.3) is 0 Å². The van der Waals surface area contributed by atoms with Gasteiger partial charge in [-0.1, -0.05) is 12.1 Å². The van der Waals surface area contributed by atoms with Crippen molar-refractivity contribution in [3.8, 4) is 11.5 Å². The Hall–Kier alpha value is -2.94. The molecule has 164 valence electrons. The number of likely N-dealkylation sites (tertiary alicyclic amines) is 1. The van der Waals surface area contributed by atoms with Crippen LogP contribution in [0.3, 0.4) is 0 Å². The molecule has 0 spiro atoms. The molecule has 8 heteroatoms. The van der Waals surface area contributed by atoms with Crippen molar-refractivity contribution in [2.45, 2.75) is 43.9 Å². The van der Waals surface area contributed by atoms with Crippen LogP contribution in [0.4, 0.5) is 4.39 Å². The zero-order chi connectivity index (χ0) is 22.0. The number of halogens is 1. The van der Waals surface area contributed by atoms with Crippen molar-refractivity contribution >= 4 is 16.6 Å². The minimum absolute atomic E-state index is 0.0897. The van der Waals surface area contributed by atoms with E-state index in [4.69, 9.17) is 10.7 Å². The number of hydrogen-bond acceptors (Lipinski definition) is 6. The molecule has 3 aromatic heterocycles. The van der Waals surface area contributed by atoms with Crippen LogP contribution in [0.5, 0.6) is 0 Å². The molecule has 6 rings (SSSR count). The van der Waals surface area contributed by atoms with Gasteiger partial charge in [-0.15, -0.1) is 10.2 Å². The van der Waals surface area contributed by atoms with Gasteiger partial charge in [0.05, 0.1) is 11.6 Å². The smallest absolute Gasteiger partial charge is 0.187 e. The Balaban J connectivity index is 1.42. The lowest BCUT2D eigenvalue weighted by Gasteiger charge is -2.24. The maximum absolute atomic E-state index is 14.1. The number of fused-ring (bicyclic) bond motifs is 2. The standard InChI is InChI=1S/C24H25FN6O/c1-13(30-11-19(26)21(32)12-30)16-5-7-22-28-29-24(31(22)10-16)20-6-4-15-8-17(25)9-18(14-2-3-14)23(15)27-20/h4-10,13-14,19,21,32H,2-3,11-12,26H2,1H3/t13-,19+,21+/m0/s1. The summed E-state index contributed by atoms with van der Waals surface area (Å²) in [4.78, 5) is 7.08. The Kier molecular flexibility index (Phi) is 4.50. The highest BCUT2D eigenvalue weighted by Crippen LogP contribution is 2.43. The molecule has 0 amide bonds. The van der Waals surface area contributed by atoms with Gasteiger partial charge >= 0.3 is 0 Å². The van der Waals surface area contributed by atoms with Gasteiger partial charge in [-0.05, 0) is 61.1 Å². The van der Waals surface area contributed by atoms with Crippen LogP contribution in [-0.2, 0) is 0 Å². The Morgan fingerprint density at radius 3 is 2.72 bits per heavy atom. The maximum atomic E-state index is 14.1. The van der Waals surface area contributed by atoms with E-state index in [-0.39, 0.29) is 17.9 Å². The number of aromatic nitrogens is 4. The average Bonchev–Trinajstić information content (AvgIpc) is 3.47. The molecule has 3 N–H and O–H groups in total. The number of aliphatic hydroxyl groups is 1. The first-order chi connectivity index (χ1) is 15.5. The topological polar surface area (TPSA) is 92.6 Å². The fraction of sp³-hybridized carbons (Fsp3) is 0.375. The molecule has 0 bridgehead atoms. The maximum Gasteiger partial charge on any atom is 0.187 e. The van der Waals surface area contributed by atoms with Gasteiger partial charge in [0, 0.05) is 36.8 Å². The summed E-state index contributed by atoms with van der Waals surface area (Å²) in [5.74, 6) is 0.827. The highest BCUT2D eigenvalue weighted by Gasteiger charge is 2.32. The Bertz CT molecular complexity index is 1320. The van der Waals surface area contributed by atoms with Crippen molar-refractivity contribution in [2.24, 2.45) is 5.73 Å². The molecule has 1 saturated carbocycles. The van der Waals surface area contributed by atoms with E-state index in [1.165, 1.54) is 6.07 Å². The van der Waals surface area contributed by atoms with E-state index in [2.05, 4.69) is 22.0 Å². The first kappa shape index (κ1) is 19.7. The number of nitrogens with zero attached hydrogens (tertiary/aromatic N) is 5. The molecule has 1 aliphatic carbocycles. The van der Waals surface area contributed by atoms with Gasteiger partial charge < -0.3 is 10.8 Å². The fourth-order valence-electron chi connectivity index (χ4n) is 4.75. The minimum atomic E-state index is -0.501. The monoisotopic (exact) mass is 432 g/mol. The summed E-state index contributed by atoms with van der Waals surface area (Å²) >= 11 is 0. The lowest BCUT2D eigenvalue weighted by atomic mass is 10.0. The number of pyridine rings is 2. The van der Waals surface area contributed by atoms with Crippen LogP contribution < -0.4 is 5.73 Å². The molecule has 7 nitrogen and oxygen atoms in total. The molecule has 1 saturated heterocycles. The molecule has 1 aliphatic heterocycles. The second-order valence-electron chi connectivity index (χ2n) is 9.11. The predicted molar refractivity (Wildman–Crippen MR) is 120 cm³/mol. The van der Waals surface area contributed by atoms with Crippen LogP contribution in [0.25, 0.3) is 28.1 Å². The Labute approximate surface area is 184 Å².